The number of rotatable bonds is 3. The van der Waals surface area contributed by atoms with Crippen molar-refractivity contribution in [2.45, 2.75) is 0 Å². The van der Waals surface area contributed by atoms with E-state index < -0.39 is 11.7 Å². The van der Waals surface area contributed by atoms with Crippen LogP contribution in [0.15, 0.2) is 22.7 Å². The number of nitrogens with zero attached hydrogens (tertiary/aromatic N) is 3. The quantitative estimate of drug-likeness (QED) is 0.802. The highest BCUT2D eigenvalue weighted by Gasteiger charge is 2.19. The SMILES string of the molecule is N#CCN(CC#N)C(=O)c1cccc(F)c1Br. The molecule has 1 aromatic carbocycles. The van der Waals surface area contributed by atoms with Crippen molar-refractivity contribution in [1.29, 1.82) is 10.5 Å². The molecule has 1 rings (SSSR count). The van der Waals surface area contributed by atoms with Gasteiger partial charge in [-0.2, -0.15) is 10.5 Å². The van der Waals surface area contributed by atoms with Crippen LogP contribution in [-0.4, -0.2) is 23.9 Å². The van der Waals surface area contributed by atoms with Crippen molar-refractivity contribution in [2.24, 2.45) is 0 Å². The smallest absolute Gasteiger partial charge is 0.256 e. The molecule has 0 spiro atoms. The Hall–Kier alpha value is -1.92. The zero-order valence-electron chi connectivity index (χ0n) is 8.65. The third kappa shape index (κ3) is 3.02. The molecule has 0 saturated carbocycles. The van der Waals surface area contributed by atoms with Crippen LogP contribution in [0.3, 0.4) is 0 Å². The lowest BCUT2D eigenvalue weighted by atomic mass is 10.2. The first-order chi connectivity index (χ1) is 8.11. The van der Waals surface area contributed by atoms with E-state index in [0.717, 1.165) is 4.90 Å². The molecule has 0 saturated heterocycles. The summed E-state index contributed by atoms with van der Waals surface area (Å²) in [5.74, 6) is -1.12. The van der Waals surface area contributed by atoms with Gasteiger partial charge in [0, 0.05) is 0 Å². The Balaban J connectivity index is 3.07. The Bertz CT molecular complexity index is 502. The van der Waals surface area contributed by atoms with Gasteiger partial charge in [-0.05, 0) is 28.1 Å². The molecule has 0 fully saturated rings. The van der Waals surface area contributed by atoms with Crippen LogP contribution in [0.2, 0.25) is 0 Å². The van der Waals surface area contributed by atoms with Gasteiger partial charge in [-0.25, -0.2) is 4.39 Å². The van der Waals surface area contributed by atoms with E-state index in [-0.39, 0.29) is 23.1 Å². The van der Waals surface area contributed by atoms with E-state index in [0.29, 0.717) is 0 Å². The first-order valence-electron chi connectivity index (χ1n) is 4.59. The van der Waals surface area contributed by atoms with Gasteiger partial charge in [0.15, 0.2) is 0 Å². The van der Waals surface area contributed by atoms with E-state index in [1.54, 1.807) is 12.1 Å². The summed E-state index contributed by atoms with van der Waals surface area (Å²) in [7, 11) is 0. The lowest BCUT2D eigenvalue weighted by Gasteiger charge is -2.16. The predicted molar refractivity (Wildman–Crippen MR) is 61.2 cm³/mol. The van der Waals surface area contributed by atoms with E-state index in [4.69, 9.17) is 10.5 Å². The standard InChI is InChI=1S/C11H7BrFN3O/c12-10-8(2-1-3-9(10)13)11(17)16(6-4-14)7-5-15/h1-3H,6-7H2. The van der Waals surface area contributed by atoms with Gasteiger partial charge in [0.1, 0.15) is 18.9 Å². The van der Waals surface area contributed by atoms with E-state index in [1.165, 1.54) is 18.2 Å². The summed E-state index contributed by atoms with van der Waals surface area (Å²) in [4.78, 5) is 13.0. The van der Waals surface area contributed by atoms with Gasteiger partial charge in [0.25, 0.3) is 5.91 Å². The van der Waals surface area contributed by atoms with Crippen molar-refractivity contribution in [2.75, 3.05) is 13.1 Å². The van der Waals surface area contributed by atoms with Crippen LogP contribution in [0.5, 0.6) is 0 Å². The summed E-state index contributed by atoms with van der Waals surface area (Å²) < 4.78 is 13.3. The molecule has 6 heteroatoms. The fourth-order valence-corrected chi connectivity index (χ4v) is 1.64. The molecule has 0 bridgehead atoms. The van der Waals surface area contributed by atoms with Crippen molar-refractivity contribution in [3.05, 3.63) is 34.1 Å². The zero-order valence-corrected chi connectivity index (χ0v) is 10.2. The molecular formula is C11H7BrFN3O. The highest BCUT2D eigenvalue weighted by molar-refractivity contribution is 9.10. The van der Waals surface area contributed by atoms with Crippen molar-refractivity contribution in [3.8, 4) is 12.1 Å². The zero-order chi connectivity index (χ0) is 12.8. The Kier molecular flexibility index (Phi) is 4.62. The van der Waals surface area contributed by atoms with Crippen LogP contribution in [0.4, 0.5) is 4.39 Å². The second-order valence-electron chi connectivity index (χ2n) is 3.08. The fourth-order valence-electron chi connectivity index (χ4n) is 1.21. The summed E-state index contributed by atoms with van der Waals surface area (Å²) in [5, 5.41) is 17.1. The third-order valence-corrected chi connectivity index (χ3v) is 2.80. The predicted octanol–water partition coefficient (Wildman–Crippen LogP) is 2.08. The average molecular weight is 296 g/mol. The largest absolute Gasteiger partial charge is 0.312 e. The van der Waals surface area contributed by atoms with Crippen molar-refractivity contribution in [3.63, 3.8) is 0 Å². The summed E-state index contributed by atoms with van der Waals surface area (Å²) in [6, 6.07) is 7.59. The second-order valence-corrected chi connectivity index (χ2v) is 3.87. The van der Waals surface area contributed by atoms with Crippen molar-refractivity contribution >= 4 is 21.8 Å². The van der Waals surface area contributed by atoms with Crippen molar-refractivity contribution in [1.82, 2.24) is 4.90 Å². The molecule has 86 valence electrons. The van der Waals surface area contributed by atoms with Gasteiger partial charge in [-0.3, -0.25) is 4.79 Å². The van der Waals surface area contributed by atoms with E-state index in [9.17, 15) is 9.18 Å². The summed E-state index contributed by atoms with van der Waals surface area (Å²) in [6.45, 7) is -0.426. The van der Waals surface area contributed by atoms with Gasteiger partial charge >= 0.3 is 0 Å². The number of carbonyl (C=O) groups excluding carboxylic acids is 1. The van der Waals surface area contributed by atoms with E-state index >= 15 is 0 Å². The van der Waals surface area contributed by atoms with Crippen LogP contribution in [0, 0.1) is 28.5 Å². The number of hydrogen-bond donors (Lipinski definition) is 0. The lowest BCUT2D eigenvalue weighted by molar-refractivity contribution is 0.0793. The topological polar surface area (TPSA) is 67.9 Å². The Labute approximate surface area is 106 Å². The van der Waals surface area contributed by atoms with Crippen LogP contribution in [0.25, 0.3) is 0 Å². The maximum Gasteiger partial charge on any atom is 0.256 e. The van der Waals surface area contributed by atoms with Crippen LogP contribution in [-0.2, 0) is 0 Å². The number of nitriles is 2. The Morgan fingerprint density at radius 1 is 1.35 bits per heavy atom. The minimum Gasteiger partial charge on any atom is -0.312 e. The highest BCUT2D eigenvalue weighted by Crippen LogP contribution is 2.21. The van der Waals surface area contributed by atoms with Crippen LogP contribution in [0.1, 0.15) is 10.4 Å². The molecule has 17 heavy (non-hydrogen) atoms. The third-order valence-electron chi connectivity index (χ3n) is 1.99. The molecular weight excluding hydrogens is 289 g/mol. The van der Waals surface area contributed by atoms with E-state index in [2.05, 4.69) is 15.9 Å². The molecule has 0 aliphatic rings. The van der Waals surface area contributed by atoms with Crippen LogP contribution < -0.4 is 0 Å². The molecule has 0 atom stereocenters. The number of halogens is 2. The molecule has 1 aromatic rings. The van der Waals surface area contributed by atoms with Gasteiger partial charge < -0.3 is 4.90 Å². The van der Waals surface area contributed by atoms with Gasteiger partial charge in [-0.15, -0.1) is 0 Å². The van der Waals surface area contributed by atoms with Gasteiger partial charge in [-0.1, -0.05) is 6.07 Å². The number of hydrogen-bond acceptors (Lipinski definition) is 3. The molecule has 0 N–H and O–H groups in total. The monoisotopic (exact) mass is 295 g/mol. The molecule has 1 amide bonds. The molecule has 0 aliphatic carbocycles. The number of benzene rings is 1. The number of carbonyl (C=O) groups is 1. The highest BCUT2D eigenvalue weighted by atomic mass is 79.9. The van der Waals surface area contributed by atoms with Gasteiger partial charge in [0.2, 0.25) is 0 Å². The lowest BCUT2D eigenvalue weighted by Crippen LogP contribution is -2.32. The fraction of sp³-hybridized carbons (Fsp3) is 0.182. The molecule has 0 aromatic heterocycles. The van der Waals surface area contributed by atoms with E-state index in [1.807, 2.05) is 0 Å². The second kappa shape index (κ2) is 5.97. The first-order valence-corrected chi connectivity index (χ1v) is 5.38. The van der Waals surface area contributed by atoms with Crippen molar-refractivity contribution < 1.29 is 9.18 Å². The molecule has 0 radical (unpaired) electrons. The molecule has 4 nitrogen and oxygen atoms in total. The summed E-state index contributed by atoms with van der Waals surface area (Å²) in [5.41, 5.74) is 0.0931. The molecule has 0 heterocycles. The Morgan fingerprint density at radius 2 is 1.94 bits per heavy atom. The minimum absolute atomic E-state index is 0.0332. The maximum atomic E-state index is 13.2. The Morgan fingerprint density at radius 3 is 2.47 bits per heavy atom. The molecule has 0 aliphatic heterocycles. The molecule has 0 unspecified atom stereocenters. The van der Waals surface area contributed by atoms with Crippen LogP contribution >= 0.6 is 15.9 Å². The summed E-state index contributed by atoms with van der Waals surface area (Å²) in [6.07, 6.45) is 0. The number of amides is 1. The normalized spacial score (nSPS) is 9.18. The minimum atomic E-state index is -0.565. The summed E-state index contributed by atoms with van der Waals surface area (Å²) >= 11 is 2.96. The van der Waals surface area contributed by atoms with Gasteiger partial charge in [0.05, 0.1) is 22.2 Å². The average Bonchev–Trinajstić information content (AvgIpc) is 2.31. The first kappa shape index (κ1) is 13.1. The maximum absolute atomic E-state index is 13.2.